The van der Waals surface area contributed by atoms with Gasteiger partial charge in [0.05, 0.1) is 0 Å². The number of carbonyl (C=O) groups excluding carboxylic acids is 2. The summed E-state index contributed by atoms with van der Waals surface area (Å²) >= 11 is 0. The standard InChI is InChI=1S/C33H34N2O2/c1-26-17-19-29(20-18-26)24-34-33(37)31(23-28-13-7-3-8-14-28)35(25-30-15-9-4-10-16-30)32(36)22-21-27-11-5-2-6-12-27/h2-20,31H,21-25H2,1H3,(H,34,37)/t31-/m0/s1. The van der Waals surface area contributed by atoms with Crippen LogP contribution in [-0.4, -0.2) is 22.8 Å². The molecule has 0 aromatic heterocycles. The molecule has 0 aliphatic carbocycles. The summed E-state index contributed by atoms with van der Waals surface area (Å²) in [6.45, 7) is 2.84. The molecule has 4 heteroatoms. The maximum Gasteiger partial charge on any atom is 0.243 e. The second kappa shape index (κ2) is 13.2. The number of hydrogen-bond donors (Lipinski definition) is 1. The van der Waals surface area contributed by atoms with Gasteiger partial charge in [-0.15, -0.1) is 0 Å². The molecule has 0 fully saturated rings. The van der Waals surface area contributed by atoms with E-state index in [1.54, 1.807) is 4.90 Å². The van der Waals surface area contributed by atoms with Crippen molar-refractivity contribution in [2.24, 2.45) is 0 Å². The van der Waals surface area contributed by atoms with Gasteiger partial charge in [-0.3, -0.25) is 9.59 Å². The van der Waals surface area contributed by atoms with Crippen LogP contribution in [0.3, 0.4) is 0 Å². The Morgan fingerprint density at radius 2 is 1.22 bits per heavy atom. The van der Waals surface area contributed by atoms with Crippen molar-refractivity contribution in [1.82, 2.24) is 10.2 Å². The molecule has 0 aliphatic rings. The van der Waals surface area contributed by atoms with Crippen LogP contribution in [0.5, 0.6) is 0 Å². The first-order valence-corrected chi connectivity index (χ1v) is 12.8. The molecule has 0 saturated heterocycles. The summed E-state index contributed by atoms with van der Waals surface area (Å²) < 4.78 is 0. The molecule has 0 spiro atoms. The summed E-state index contributed by atoms with van der Waals surface area (Å²) in [5, 5.41) is 3.10. The van der Waals surface area contributed by atoms with Gasteiger partial charge in [0.25, 0.3) is 0 Å². The van der Waals surface area contributed by atoms with Crippen LogP contribution < -0.4 is 5.32 Å². The second-order valence-corrected chi connectivity index (χ2v) is 9.40. The average molecular weight is 491 g/mol. The van der Waals surface area contributed by atoms with Crippen LogP contribution in [-0.2, 0) is 35.5 Å². The predicted octanol–water partition coefficient (Wildman–Crippen LogP) is 5.88. The van der Waals surface area contributed by atoms with E-state index in [1.165, 1.54) is 5.56 Å². The van der Waals surface area contributed by atoms with E-state index in [4.69, 9.17) is 0 Å². The number of benzene rings is 4. The molecule has 0 bridgehead atoms. The minimum Gasteiger partial charge on any atom is -0.350 e. The Bertz CT molecular complexity index is 1260. The SMILES string of the molecule is Cc1ccc(CNC(=O)[C@H](Cc2ccccc2)N(Cc2ccccc2)C(=O)CCc2ccccc2)cc1. The molecule has 37 heavy (non-hydrogen) atoms. The Balaban J connectivity index is 1.58. The highest BCUT2D eigenvalue weighted by atomic mass is 16.2. The fourth-order valence-corrected chi connectivity index (χ4v) is 4.39. The Labute approximate surface area is 220 Å². The van der Waals surface area contributed by atoms with E-state index in [0.29, 0.717) is 32.4 Å². The van der Waals surface area contributed by atoms with Crippen LogP contribution in [0, 0.1) is 6.92 Å². The lowest BCUT2D eigenvalue weighted by atomic mass is 10.0. The van der Waals surface area contributed by atoms with Crippen LogP contribution in [0.15, 0.2) is 115 Å². The minimum atomic E-state index is -0.628. The largest absolute Gasteiger partial charge is 0.350 e. The van der Waals surface area contributed by atoms with Crippen LogP contribution in [0.25, 0.3) is 0 Å². The van der Waals surface area contributed by atoms with Gasteiger partial charge in [0.2, 0.25) is 11.8 Å². The fraction of sp³-hybridized carbons (Fsp3) is 0.212. The molecule has 0 heterocycles. The van der Waals surface area contributed by atoms with Crippen LogP contribution in [0.2, 0.25) is 0 Å². The third kappa shape index (κ3) is 7.91. The zero-order chi connectivity index (χ0) is 25.9. The van der Waals surface area contributed by atoms with E-state index < -0.39 is 6.04 Å². The Morgan fingerprint density at radius 3 is 1.81 bits per heavy atom. The van der Waals surface area contributed by atoms with Crippen molar-refractivity contribution >= 4 is 11.8 Å². The van der Waals surface area contributed by atoms with Crippen molar-refractivity contribution in [3.8, 4) is 0 Å². The smallest absolute Gasteiger partial charge is 0.243 e. The molecule has 0 saturated carbocycles. The van der Waals surface area contributed by atoms with Gasteiger partial charge in [0, 0.05) is 25.9 Å². The number of nitrogens with zero attached hydrogens (tertiary/aromatic N) is 1. The molecule has 4 nitrogen and oxygen atoms in total. The van der Waals surface area contributed by atoms with Gasteiger partial charge in [-0.05, 0) is 35.6 Å². The van der Waals surface area contributed by atoms with Crippen LogP contribution in [0.1, 0.15) is 34.2 Å². The number of hydrogen-bond acceptors (Lipinski definition) is 2. The quantitative estimate of drug-likeness (QED) is 0.285. The first kappa shape index (κ1) is 25.9. The summed E-state index contributed by atoms with van der Waals surface area (Å²) in [6.07, 6.45) is 1.42. The molecule has 4 aromatic carbocycles. The lowest BCUT2D eigenvalue weighted by molar-refractivity contribution is -0.141. The van der Waals surface area contributed by atoms with E-state index >= 15 is 0 Å². The maximum atomic E-state index is 13.7. The molecule has 0 radical (unpaired) electrons. The van der Waals surface area contributed by atoms with Crippen molar-refractivity contribution in [2.75, 3.05) is 0 Å². The molecule has 1 atom stereocenters. The number of aryl methyl sites for hydroxylation is 2. The summed E-state index contributed by atoms with van der Waals surface area (Å²) in [4.78, 5) is 29.2. The minimum absolute atomic E-state index is 0.0286. The highest BCUT2D eigenvalue weighted by molar-refractivity contribution is 5.88. The van der Waals surface area contributed by atoms with Gasteiger partial charge in [-0.2, -0.15) is 0 Å². The highest BCUT2D eigenvalue weighted by Crippen LogP contribution is 2.17. The average Bonchev–Trinajstić information content (AvgIpc) is 2.95. The summed E-state index contributed by atoms with van der Waals surface area (Å²) in [7, 11) is 0. The summed E-state index contributed by atoms with van der Waals surface area (Å²) in [5.41, 5.74) is 5.34. The van der Waals surface area contributed by atoms with Gasteiger partial charge in [0.1, 0.15) is 6.04 Å². The summed E-state index contributed by atoms with van der Waals surface area (Å²) in [6, 6.07) is 37.3. The van der Waals surface area contributed by atoms with Crippen LogP contribution >= 0.6 is 0 Å². The van der Waals surface area contributed by atoms with Crippen molar-refractivity contribution in [3.05, 3.63) is 143 Å². The van der Waals surface area contributed by atoms with Crippen molar-refractivity contribution in [2.45, 2.75) is 45.3 Å². The third-order valence-electron chi connectivity index (χ3n) is 6.52. The molecule has 0 aliphatic heterocycles. The van der Waals surface area contributed by atoms with Crippen molar-refractivity contribution in [3.63, 3.8) is 0 Å². The number of rotatable bonds is 11. The lowest BCUT2D eigenvalue weighted by Gasteiger charge is -2.31. The van der Waals surface area contributed by atoms with Gasteiger partial charge < -0.3 is 10.2 Å². The molecule has 1 N–H and O–H groups in total. The third-order valence-corrected chi connectivity index (χ3v) is 6.52. The Kier molecular flexibility index (Phi) is 9.25. The molecule has 188 valence electrons. The number of nitrogens with one attached hydrogen (secondary N) is 1. The normalized spacial score (nSPS) is 11.5. The zero-order valence-corrected chi connectivity index (χ0v) is 21.3. The molecule has 4 aromatic rings. The van der Waals surface area contributed by atoms with Gasteiger partial charge in [-0.1, -0.05) is 121 Å². The highest BCUT2D eigenvalue weighted by Gasteiger charge is 2.30. The van der Waals surface area contributed by atoms with Crippen LogP contribution in [0.4, 0.5) is 0 Å². The van der Waals surface area contributed by atoms with Gasteiger partial charge >= 0.3 is 0 Å². The van der Waals surface area contributed by atoms with Gasteiger partial charge in [-0.25, -0.2) is 0 Å². The number of amides is 2. The maximum absolute atomic E-state index is 13.7. The monoisotopic (exact) mass is 490 g/mol. The fourth-order valence-electron chi connectivity index (χ4n) is 4.39. The lowest BCUT2D eigenvalue weighted by Crippen LogP contribution is -2.50. The van der Waals surface area contributed by atoms with Crippen molar-refractivity contribution < 1.29 is 9.59 Å². The van der Waals surface area contributed by atoms with E-state index in [2.05, 4.69) is 5.32 Å². The Morgan fingerprint density at radius 1 is 0.676 bits per heavy atom. The van der Waals surface area contributed by atoms with E-state index in [9.17, 15) is 9.59 Å². The molecular weight excluding hydrogens is 456 g/mol. The van der Waals surface area contributed by atoms with E-state index in [0.717, 1.165) is 22.3 Å². The van der Waals surface area contributed by atoms with Crippen molar-refractivity contribution in [1.29, 1.82) is 0 Å². The Hall–Kier alpha value is -4.18. The van der Waals surface area contributed by atoms with Gasteiger partial charge in [0.15, 0.2) is 0 Å². The first-order valence-electron chi connectivity index (χ1n) is 12.8. The molecule has 4 rings (SSSR count). The predicted molar refractivity (Wildman–Crippen MR) is 149 cm³/mol. The second-order valence-electron chi connectivity index (χ2n) is 9.40. The molecular formula is C33H34N2O2. The first-order chi connectivity index (χ1) is 18.1. The molecule has 2 amide bonds. The topological polar surface area (TPSA) is 49.4 Å². The van der Waals surface area contributed by atoms with E-state index in [-0.39, 0.29) is 11.8 Å². The number of carbonyl (C=O) groups is 2. The summed E-state index contributed by atoms with van der Waals surface area (Å²) in [5.74, 6) is -0.174. The molecule has 0 unspecified atom stereocenters. The zero-order valence-electron chi connectivity index (χ0n) is 21.3. The van der Waals surface area contributed by atoms with E-state index in [1.807, 2.05) is 122 Å².